The maximum absolute atomic E-state index is 9.23. The molecule has 1 heterocycles. The minimum atomic E-state index is -0.0313. The first-order valence-corrected chi connectivity index (χ1v) is 6.73. The maximum Gasteiger partial charge on any atom is 0.125 e. The second kappa shape index (κ2) is 5.62. The molecule has 0 unspecified atom stereocenters. The third-order valence-corrected chi connectivity index (χ3v) is 3.61. The third kappa shape index (κ3) is 3.28. The Kier molecular flexibility index (Phi) is 4.15. The van der Waals surface area contributed by atoms with Crippen LogP contribution in [0.2, 0.25) is 0 Å². The molecule has 1 N–H and O–H groups in total. The lowest BCUT2D eigenvalue weighted by atomic mass is 10.2. The molecule has 17 heavy (non-hydrogen) atoms. The molecule has 0 saturated heterocycles. The van der Waals surface area contributed by atoms with Gasteiger partial charge in [-0.2, -0.15) is 0 Å². The van der Waals surface area contributed by atoms with Crippen molar-refractivity contribution in [2.45, 2.75) is 20.1 Å². The predicted octanol–water partition coefficient (Wildman–Crippen LogP) is 3.29. The topological polar surface area (TPSA) is 42.4 Å². The van der Waals surface area contributed by atoms with Gasteiger partial charge in [-0.05, 0) is 25.1 Å². The summed E-state index contributed by atoms with van der Waals surface area (Å²) >= 11 is 4.98. The molecule has 0 spiro atoms. The molecule has 0 radical (unpaired) electrons. The Morgan fingerprint density at radius 3 is 2.94 bits per heavy atom. The van der Waals surface area contributed by atoms with Gasteiger partial charge in [0.15, 0.2) is 0 Å². The first kappa shape index (κ1) is 12.5. The zero-order valence-electron chi connectivity index (χ0n) is 9.31. The number of aromatic nitrogens is 1. The van der Waals surface area contributed by atoms with Crippen LogP contribution in [-0.4, -0.2) is 10.1 Å². The van der Waals surface area contributed by atoms with Gasteiger partial charge < -0.3 is 9.84 Å². The molecule has 0 atom stereocenters. The van der Waals surface area contributed by atoms with Gasteiger partial charge in [-0.25, -0.2) is 4.98 Å². The van der Waals surface area contributed by atoms with Crippen LogP contribution in [0.5, 0.6) is 5.75 Å². The minimum absolute atomic E-state index is 0.0313. The molecule has 0 fully saturated rings. The van der Waals surface area contributed by atoms with E-state index in [4.69, 9.17) is 4.74 Å². The quantitative estimate of drug-likeness (QED) is 0.942. The van der Waals surface area contributed by atoms with Gasteiger partial charge >= 0.3 is 0 Å². The Bertz CT molecular complexity index is 513. The lowest BCUT2D eigenvalue weighted by Crippen LogP contribution is -1.97. The molecular formula is C12H12BrNO2S. The lowest BCUT2D eigenvalue weighted by molar-refractivity contribution is 0.260. The second-order valence-corrected chi connectivity index (χ2v) is 5.78. The number of rotatable bonds is 4. The van der Waals surface area contributed by atoms with E-state index < -0.39 is 0 Å². The summed E-state index contributed by atoms with van der Waals surface area (Å²) in [5.74, 6) is 0.710. The molecule has 1 aromatic carbocycles. The summed E-state index contributed by atoms with van der Waals surface area (Å²) in [4.78, 5) is 5.25. The van der Waals surface area contributed by atoms with Crippen molar-refractivity contribution >= 4 is 27.3 Å². The van der Waals surface area contributed by atoms with Crippen molar-refractivity contribution in [3.63, 3.8) is 0 Å². The second-order valence-electron chi connectivity index (χ2n) is 3.54. The van der Waals surface area contributed by atoms with Gasteiger partial charge in [0, 0.05) is 16.2 Å². The first-order chi connectivity index (χ1) is 8.19. The normalized spacial score (nSPS) is 10.5. The minimum Gasteiger partial charge on any atom is -0.488 e. The van der Waals surface area contributed by atoms with Gasteiger partial charge in [-0.1, -0.05) is 15.9 Å². The fourth-order valence-electron chi connectivity index (χ4n) is 1.43. The van der Waals surface area contributed by atoms with Crippen LogP contribution < -0.4 is 4.74 Å². The highest BCUT2D eigenvalue weighted by Crippen LogP contribution is 2.24. The number of aryl methyl sites for hydroxylation is 1. The lowest BCUT2D eigenvalue weighted by Gasteiger charge is -2.09. The van der Waals surface area contributed by atoms with Crippen LogP contribution in [0.1, 0.15) is 15.4 Å². The average Bonchev–Trinajstić information content (AvgIpc) is 2.73. The molecule has 2 aromatic rings. The zero-order chi connectivity index (χ0) is 12.3. The number of hydrogen-bond donors (Lipinski definition) is 1. The SMILES string of the molecule is Cc1ncc(COc2ccc(Br)cc2CO)s1. The van der Waals surface area contributed by atoms with E-state index in [9.17, 15) is 5.11 Å². The molecule has 5 heteroatoms. The van der Waals surface area contributed by atoms with Crippen molar-refractivity contribution in [2.24, 2.45) is 0 Å². The number of ether oxygens (including phenoxy) is 1. The van der Waals surface area contributed by atoms with Gasteiger partial charge in [0.1, 0.15) is 12.4 Å². The van der Waals surface area contributed by atoms with E-state index >= 15 is 0 Å². The van der Waals surface area contributed by atoms with Crippen LogP contribution in [0.15, 0.2) is 28.9 Å². The molecule has 0 aliphatic rings. The molecule has 2 rings (SSSR count). The number of aliphatic hydroxyl groups excluding tert-OH is 1. The summed E-state index contributed by atoms with van der Waals surface area (Å²) < 4.78 is 6.60. The number of halogens is 1. The number of thiazole rings is 1. The van der Waals surface area contributed by atoms with Crippen molar-refractivity contribution < 1.29 is 9.84 Å². The van der Waals surface area contributed by atoms with E-state index in [0.29, 0.717) is 12.4 Å². The Balaban J connectivity index is 2.08. The van der Waals surface area contributed by atoms with E-state index in [2.05, 4.69) is 20.9 Å². The summed E-state index contributed by atoms with van der Waals surface area (Å²) in [6.45, 7) is 2.42. The Labute approximate surface area is 112 Å². The van der Waals surface area contributed by atoms with Crippen LogP contribution in [-0.2, 0) is 13.2 Å². The summed E-state index contributed by atoms with van der Waals surface area (Å²) in [5, 5.41) is 10.3. The highest BCUT2D eigenvalue weighted by molar-refractivity contribution is 9.10. The Morgan fingerprint density at radius 2 is 2.29 bits per heavy atom. The summed E-state index contributed by atoms with van der Waals surface area (Å²) in [6, 6.07) is 5.60. The number of nitrogens with zero attached hydrogens (tertiary/aromatic N) is 1. The molecule has 0 bridgehead atoms. The third-order valence-electron chi connectivity index (χ3n) is 2.23. The average molecular weight is 314 g/mol. The van der Waals surface area contributed by atoms with E-state index in [0.717, 1.165) is 19.9 Å². The van der Waals surface area contributed by atoms with E-state index in [1.165, 1.54) is 0 Å². The largest absolute Gasteiger partial charge is 0.488 e. The molecular weight excluding hydrogens is 302 g/mol. The van der Waals surface area contributed by atoms with Crippen LogP contribution in [0, 0.1) is 6.92 Å². The predicted molar refractivity (Wildman–Crippen MR) is 71.2 cm³/mol. The van der Waals surface area contributed by atoms with Gasteiger partial charge in [0.25, 0.3) is 0 Å². The molecule has 0 amide bonds. The molecule has 1 aromatic heterocycles. The van der Waals surface area contributed by atoms with E-state index in [1.54, 1.807) is 11.3 Å². The fourth-order valence-corrected chi connectivity index (χ4v) is 2.55. The molecule has 0 saturated carbocycles. The summed E-state index contributed by atoms with van der Waals surface area (Å²) in [7, 11) is 0. The standard InChI is InChI=1S/C12H12BrNO2S/c1-8-14-5-11(17-8)7-16-12-3-2-10(13)4-9(12)6-15/h2-5,15H,6-7H2,1H3. The van der Waals surface area contributed by atoms with E-state index in [-0.39, 0.29) is 6.61 Å². The van der Waals surface area contributed by atoms with Crippen molar-refractivity contribution in [3.8, 4) is 5.75 Å². The molecule has 0 aliphatic heterocycles. The van der Waals surface area contributed by atoms with Crippen molar-refractivity contribution in [1.82, 2.24) is 4.98 Å². The first-order valence-electron chi connectivity index (χ1n) is 5.12. The van der Waals surface area contributed by atoms with Crippen molar-refractivity contribution in [2.75, 3.05) is 0 Å². The monoisotopic (exact) mass is 313 g/mol. The Hall–Kier alpha value is -0.910. The van der Waals surface area contributed by atoms with Crippen LogP contribution >= 0.6 is 27.3 Å². The van der Waals surface area contributed by atoms with Gasteiger partial charge in [0.2, 0.25) is 0 Å². The summed E-state index contributed by atoms with van der Waals surface area (Å²) in [5.41, 5.74) is 0.778. The highest BCUT2D eigenvalue weighted by atomic mass is 79.9. The fraction of sp³-hybridized carbons (Fsp3) is 0.250. The van der Waals surface area contributed by atoms with Gasteiger partial charge in [-0.3, -0.25) is 0 Å². The molecule has 0 aliphatic carbocycles. The van der Waals surface area contributed by atoms with Crippen molar-refractivity contribution in [1.29, 1.82) is 0 Å². The summed E-state index contributed by atoms with van der Waals surface area (Å²) in [6.07, 6.45) is 1.82. The van der Waals surface area contributed by atoms with Crippen LogP contribution in [0.4, 0.5) is 0 Å². The van der Waals surface area contributed by atoms with Crippen LogP contribution in [0.25, 0.3) is 0 Å². The Morgan fingerprint density at radius 1 is 1.47 bits per heavy atom. The van der Waals surface area contributed by atoms with E-state index in [1.807, 2.05) is 31.3 Å². The molecule has 90 valence electrons. The molecule has 3 nitrogen and oxygen atoms in total. The smallest absolute Gasteiger partial charge is 0.125 e. The number of hydrogen-bond acceptors (Lipinski definition) is 4. The van der Waals surface area contributed by atoms with Gasteiger partial charge in [0.05, 0.1) is 16.5 Å². The zero-order valence-corrected chi connectivity index (χ0v) is 11.7. The van der Waals surface area contributed by atoms with Crippen molar-refractivity contribution in [3.05, 3.63) is 44.3 Å². The number of aliphatic hydroxyl groups is 1. The maximum atomic E-state index is 9.23. The highest BCUT2D eigenvalue weighted by Gasteiger charge is 2.05. The number of benzene rings is 1. The van der Waals surface area contributed by atoms with Crippen LogP contribution in [0.3, 0.4) is 0 Å². The van der Waals surface area contributed by atoms with Gasteiger partial charge in [-0.15, -0.1) is 11.3 Å².